The molecule has 0 spiro atoms. The number of aryl methyl sites for hydroxylation is 1. The molecule has 13 heteroatoms. The number of aliphatic hydroxyl groups excluding tert-OH is 1. The lowest BCUT2D eigenvalue weighted by Crippen LogP contribution is -2.63. The Morgan fingerprint density at radius 2 is 1.72 bits per heavy atom. The van der Waals surface area contributed by atoms with Crippen LogP contribution < -0.4 is 10.6 Å². The third-order valence-corrected chi connectivity index (χ3v) is 7.81. The molecular formula is C37H52N4O9. The van der Waals surface area contributed by atoms with Crippen molar-refractivity contribution in [2.45, 2.75) is 65.2 Å². The number of hydrogen-bond acceptors (Lipinski definition) is 10. The Bertz CT molecular complexity index is 1460. The van der Waals surface area contributed by atoms with Gasteiger partial charge >= 0.3 is 0 Å². The van der Waals surface area contributed by atoms with Gasteiger partial charge in [-0.25, -0.2) is 4.98 Å². The number of aromatic nitrogens is 1. The van der Waals surface area contributed by atoms with Gasteiger partial charge in [0.15, 0.2) is 18.9 Å². The number of allylic oxidation sites excluding steroid dienone is 11. The summed E-state index contributed by atoms with van der Waals surface area (Å²) in [7, 11) is 4.49. The van der Waals surface area contributed by atoms with Gasteiger partial charge in [-0.15, -0.1) is 0 Å². The van der Waals surface area contributed by atoms with Crippen molar-refractivity contribution < 1.29 is 42.9 Å². The highest BCUT2D eigenvalue weighted by molar-refractivity contribution is 5.95. The predicted molar refractivity (Wildman–Crippen MR) is 189 cm³/mol. The van der Waals surface area contributed by atoms with Crippen LogP contribution in [0.3, 0.4) is 0 Å². The molecule has 1 fully saturated rings. The lowest BCUT2D eigenvalue weighted by Gasteiger charge is -2.36. The Kier molecular flexibility index (Phi) is 17.5. The maximum atomic E-state index is 13.3. The molecule has 0 radical (unpaired) electrons. The van der Waals surface area contributed by atoms with Crippen LogP contribution in [0.25, 0.3) is 0 Å². The smallest absolute Gasteiger partial charge is 0.280 e. The first-order valence-electron chi connectivity index (χ1n) is 16.2. The van der Waals surface area contributed by atoms with Crippen molar-refractivity contribution in [3.05, 3.63) is 102 Å². The van der Waals surface area contributed by atoms with Crippen LogP contribution in [-0.4, -0.2) is 98.1 Å². The summed E-state index contributed by atoms with van der Waals surface area (Å²) in [5.41, 5.74) is -2.08. The van der Waals surface area contributed by atoms with Crippen molar-refractivity contribution in [1.29, 1.82) is 0 Å². The van der Waals surface area contributed by atoms with E-state index in [1.165, 1.54) is 38.3 Å². The molecule has 50 heavy (non-hydrogen) atoms. The maximum absolute atomic E-state index is 13.3. The highest BCUT2D eigenvalue weighted by Crippen LogP contribution is 2.26. The first-order valence-corrected chi connectivity index (χ1v) is 16.2. The number of amides is 3. The van der Waals surface area contributed by atoms with Crippen molar-refractivity contribution in [2.75, 3.05) is 41.2 Å². The van der Waals surface area contributed by atoms with Gasteiger partial charge in [-0.05, 0) is 33.3 Å². The fraction of sp³-hybridized carbons (Fsp3) is 0.459. The molecule has 13 nitrogen and oxygen atoms in total. The van der Waals surface area contributed by atoms with Crippen molar-refractivity contribution in [1.82, 2.24) is 20.5 Å². The summed E-state index contributed by atoms with van der Waals surface area (Å²) in [5, 5.41) is 16.3. The zero-order chi connectivity index (χ0) is 37.2. The fourth-order valence-electron chi connectivity index (χ4n) is 4.78. The largest absolute Gasteiger partial charge is 0.446 e. The van der Waals surface area contributed by atoms with Gasteiger partial charge < -0.3 is 44.0 Å². The Hall–Kier alpha value is -4.40. The van der Waals surface area contributed by atoms with Gasteiger partial charge in [-0.2, -0.15) is 0 Å². The molecule has 1 aliphatic rings. The first-order chi connectivity index (χ1) is 23.8. The quantitative estimate of drug-likeness (QED) is 0.111. The lowest BCUT2D eigenvalue weighted by molar-refractivity contribution is -0.176. The van der Waals surface area contributed by atoms with E-state index in [0.29, 0.717) is 17.9 Å². The highest BCUT2D eigenvalue weighted by atomic mass is 16.7. The van der Waals surface area contributed by atoms with E-state index in [4.69, 9.17) is 23.4 Å². The minimum atomic E-state index is -1.69. The average Bonchev–Trinajstić information content (AvgIpc) is 3.75. The van der Waals surface area contributed by atoms with Crippen molar-refractivity contribution in [3.63, 3.8) is 0 Å². The molecular weight excluding hydrogens is 644 g/mol. The van der Waals surface area contributed by atoms with Crippen molar-refractivity contribution >= 4 is 17.7 Å². The molecule has 3 amide bonds. The number of nitrogens with one attached hydrogen (secondary N) is 2. The minimum Gasteiger partial charge on any atom is -0.446 e. The minimum absolute atomic E-state index is 0.150. The third kappa shape index (κ3) is 12.8. The van der Waals surface area contributed by atoms with Gasteiger partial charge in [-0.1, -0.05) is 72.9 Å². The molecule has 0 saturated carbocycles. The molecule has 3 N–H and O–H groups in total. The van der Waals surface area contributed by atoms with E-state index < -0.39 is 41.4 Å². The molecule has 1 aromatic rings. The van der Waals surface area contributed by atoms with Gasteiger partial charge in [0.25, 0.3) is 5.91 Å². The number of likely N-dealkylation sites (N-methyl/N-ethyl adjacent to an activating group) is 1. The number of ether oxygens (including phenoxy) is 4. The van der Waals surface area contributed by atoms with Crippen LogP contribution in [0.4, 0.5) is 0 Å². The van der Waals surface area contributed by atoms with Crippen LogP contribution in [0.2, 0.25) is 0 Å². The number of hydrogen-bond donors (Lipinski definition) is 3. The molecule has 0 bridgehead atoms. The Morgan fingerprint density at radius 3 is 2.34 bits per heavy atom. The zero-order valence-corrected chi connectivity index (χ0v) is 30.3. The summed E-state index contributed by atoms with van der Waals surface area (Å²) in [6, 6.07) is 0. The van der Waals surface area contributed by atoms with Gasteiger partial charge in [0.1, 0.15) is 12.4 Å². The number of nitrogens with zero attached hydrogens (tertiary/aromatic N) is 2. The van der Waals surface area contributed by atoms with Crippen LogP contribution >= 0.6 is 0 Å². The number of methoxy groups -OCH3 is 2. The summed E-state index contributed by atoms with van der Waals surface area (Å²) in [4.78, 5) is 44.1. The molecule has 4 atom stereocenters. The van der Waals surface area contributed by atoms with Crippen LogP contribution in [-0.2, 0) is 39.8 Å². The molecule has 0 aromatic carbocycles. The number of carbonyl (C=O) groups excluding carboxylic acids is 3. The van der Waals surface area contributed by atoms with E-state index in [1.54, 1.807) is 83.3 Å². The Balaban J connectivity index is 1.78. The monoisotopic (exact) mass is 696 g/mol. The molecule has 1 saturated heterocycles. The van der Waals surface area contributed by atoms with E-state index >= 15 is 0 Å². The first kappa shape index (κ1) is 41.8. The summed E-state index contributed by atoms with van der Waals surface area (Å²) in [6.07, 6.45) is 22.6. The Labute approximate surface area is 295 Å². The normalized spacial score (nSPS) is 19.4. The van der Waals surface area contributed by atoms with Gasteiger partial charge in [0.05, 0.1) is 23.8 Å². The molecule has 0 aliphatic carbocycles. The van der Waals surface area contributed by atoms with Crippen LogP contribution in [0.5, 0.6) is 0 Å². The second-order valence-corrected chi connectivity index (χ2v) is 12.1. The van der Waals surface area contributed by atoms with Gasteiger partial charge in [-0.3, -0.25) is 14.4 Å². The summed E-state index contributed by atoms with van der Waals surface area (Å²) in [6.45, 7) is 8.69. The zero-order valence-electron chi connectivity index (χ0n) is 30.3. The van der Waals surface area contributed by atoms with Crippen LogP contribution in [0.15, 0.2) is 95.2 Å². The van der Waals surface area contributed by atoms with E-state index in [0.717, 1.165) is 5.76 Å². The number of carbonyl (C=O) groups is 3. The van der Waals surface area contributed by atoms with Gasteiger partial charge in [0.2, 0.25) is 17.5 Å². The number of rotatable bonds is 19. The lowest BCUT2D eigenvalue weighted by atomic mass is 9.81. The highest BCUT2D eigenvalue weighted by Gasteiger charge is 2.48. The second-order valence-electron chi connectivity index (χ2n) is 12.1. The molecule has 1 aliphatic heterocycles. The van der Waals surface area contributed by atoms with E-state index in [2.05, 4.69) is 15.6 Å². The molecule has 1 aromatic heterocycles. The molecule has 274 valence electrons. The summed E-state index contributed by atoms with van der Waals surface area (Å²) < 4.78 is 26.9. The number of aliphatic hydroxyl groups is 1. The SMILES string of the molecule is COC(C)C(OC)N(C)C(=O)C1(NC(=O)/C=C/C=C/C=C/C=C\CNC(=O)C(C)(C)C(O)\C(C)=C/C=C\C=C\Cc2cnc(C)o2)COCO1. The van der Waals surface area contributed by atoms with E-state index in [1.807, 2.05) is 24.3 Å². The molecule has 4 unspecified atom stereocenters. The van der Waals surface area contributed by atoms with Gasteiger partial charge in [0, 0.05) is 47.2 Å². The standard InChI is InChI=1S/C37H52N4O9/c1-27(20-16-13-14-17-21-30-24-39-29(3)50-30)32(43)36(4,5)34(44)38-23-19-15-11-9-10-12-18-22-31(42)40-37(25-48-26-49-37)35(45)41(6)33(47-8)28(2)46-7/h9-20,22,24,28,32-33,43H,21,23,25-26H2,1-8H3,(H,38,44)(H,40,42)/b11-9+,12-10+,16-13-,17-14+,19-15-,22-18+,27-20-. The van der Waals surface area contributed by atoms with Crippen LogP contribution in [0, 0.1) is 12.3 Å². The fourth-order valence-corrected chi connectivity index (χ4v) is 4.78. The van der Waals surface area contributed by atoms with Crippen molar-refractivity contribution in [3.8, 4) is 0 Å². The topological polar surface area (TPSA) is 162 Å². The maximum Gasteiger partial charge on any atom is 0.280 e. The van der Waals surface area contributed by atoms with E-state index in [9.17, 15) is 19.5 Å². The summed E-state index contributed by atoms with van der Waals surface area (Å²) >= 11 is 0. The Morgan fingerprint density at radius 1 is 1.06 bits per heavy atom. The summed E-state index contributed by atoms with van der Waals surface area (Å²) in [5.74, 6) is 0.0466. The predicted octanol–water partition coefficient (Wildman–Crippen LogP) is 3.59. The second kappa shape index (κ2) is 21.0. The van der Waals surface area contributed by atoms with Crippen molar-refractivity contribution in [2.24, 2.45) is 5.41 Å². The molecule has 2 rings (SSSR count). The van der Waals surface area contributed by atoms with E-state index in [-0.39, 0.29) is 25.9 Å². The average molecular weight is 697 g/mol. The number of oxazole rings is 1. The molecule has 2 heterocycles. The third-order valence-electron chi connectivity index (χ3n) is 7.81. The van der Waals surface area contributed by atoms with Crippen LogP contribution in [0.1, 0.15) is 39.3 Å².